The Balaban J connectivity index is 1.73. The zero-order chi connectivity index (χ0) is 29.4. The van der Waals surface area contributed by atoms with E-state index in [2.05, 4.69) is 31.6 Å². The van der Waals surface area contributed by atoms with E-state index in [1.807, 2.05) is 44.2 Å². The Kier molecular flexibility index (Phi) is 8.06. The summed E-state index contributed by atoms with van der Waals surface area (Å²) < 4.78 is 21.8. The zero-order valence-corrected chi connectivity index (χ0v) is 26.1. The highest BCUT2D eigenvalue weighted by atomic mass is 79.9. The summed E-state index contributed by atoms with van der Waals surface area (Å²) in [6.45, 7) is 7.77. The van der Waals surface area contributed by atoms with Crippen LogP contribution in [-0.2, 0) is 9.53 Å². The second-order valence-electron chi connectivity index (χ2n) is 9.55. The summed E-state index contributed by atoms with van der Waals surface area (Å²) in [6, 6.07) is 14.7. The molecule has 4 aromatic rings. The van der Waals surface area contributed by atoms with Crippen molar-refractivity contribution in [1.29, 1.82) is 0 Å². The molecule has 0 amide bonds. The van der Waals surface area contributed by atoms with Crippen LogP contribution in [0.3, 0.4) is 0 Å². The Morgan fingerprint density at radius 1 is 1.07 bits per heavy atom. The predicted molar refractivity (Wildman–Crippen MR) is 163 cm³/mol. The van der Waals surface area contributed by atoms with Crippen LogP contribution in [0.15, 0.2) is 74.1 Å². The third-order valence-corrected chi connectivity index (χ3v) is 8.60. The van der Waals surface area contributed by atoms with Crippen molar-refractivity contribution in [2.24, 2.45) is 4.99 Å². The number of rotatable bonds is 7. The maximum atomic E-state index is 14.1. The van der Waals surface area contributed by atoms with Gasteiger partial charge in [-0.25, -0.2) is 9.79 Å². The number of nitrogens with zero attached hydrogens (tertiary/aromatic N) is 3. The van der Waals surface area contributed by atoms with Crippen LogP contribution in [0.2, 0.25) is 0 Å². The van der Waals surface area contributed by atoms with Gasteiger partial charge >= 0.3 is 5.97 Å². The molecule has 0 radical (unpaired) electrons. The maximum Gasteiger partial charge on any atom is 0.338 e. The Hall–Kier alpha value is -3.89. The molecule has 5 rings (SSSR count). The largest absolute Gasteiger partial charge is 0.497 e. The van der Waals surface area contributed by atoms with Gasteiger partial charge < -0.3 is 18.8 Å². The number of allylic oxidation sites excluding steroid dienone is 1. The molecule has 0 spiro atoms. The Labute approximate surface area is 250 Å². The van der Waals surface area contributed by atoms with E-state index in [-0.39, 0.29) is 17.7 Å². The molecule has 2 aromatic carbocycles. The molecule has 1 atom stereocenters. The maximum absolute atomic E-state index is 14.1. The van der Waals surface area contributed by atoms with Crippen LogP contribution in [0.25, 0.3) is 11.8 Å². The summed E-state index contributed by atoms with van der Waals surface area (Å²) in [7, 11) is 3.12. The second-order valence-corrected chi connectivity index (χ2v) is 11.5. The molecule has 0 bridgehead atoms. The van der Waals surface area contributed by atoms with Crippen LogP contribution in [-0.4, -0.2) is 35.9 Å². The highest BCUT2D eigenvalue weighted by molar-refractivity contribution is 9.10. The van der Waals surface area contributed by atoms with E-state index >= 15 is 0 Å². The summed E-state index contributed by atoms with van der Waals surface area (Å²) in [4.78, 5) is 32.6. The van der Waals surface area contributed by atoms with E-state index in [0.717, 1.165) is 27.1 Å². The number of methoxy groups -OCH3 is 2. The van der Waals surface area contributed by atoms with E-state index in [0.29, 0.717) is 32.1 Å². The second kappa shape index (κ2) is 11.5. The van der Waals surface area contributed by atoms with Gasteiger partial charge in [-0.3, -0.25) is 9.36 Å². The number of benzene rings is 2. The molecular formula is C31H30BrN3O5S. The average molecular weight is 637 g/mol. The first-order valence-corrected chi connectivity index (χ1v) is 14.7. The summed E-state index contributed by atoms with van der Waals surface area (Å²) in [6.07, 6.45) is 1.89. The normalized spacial score (nSPS) is 15.0. The van der Waals surface area contributed by atoms with Crippen LogP contribution in [0.1, 0.15) is 42.4 Å². The van der Waals surface area contributed by atoms with E-state index in [1.165, 1.54) is 11.3 Å². The van der Waals surface area contributed by atoms with Crippen LogP contribution >= 0.6 is 27.3 Å². The topological polar surface area (TPSA) is 84.1 Å². The summed E-state index contributed by atoms with van der Waals surface area (Å²) in [5.41, 5.74) is 5.12. The number of aromatic nitrogens is 2. The lowest BCUT2D eigenvalue weighted by Gasteiger charge is -2.26. The molecule has 0 saturated heterocycles. The zero-order valence-electron chi connectivity index (χ0n) is 23.6. The number of fused-ring (bicyclic) bond motifs is 1. The lowest BCUT2D eigenvalue weighted by molar-refractivity contribution is -0.139. The van der Waals surface area contributed by atoms with Gasteiger partial charge in [0, 0.05) is 27.1 Å². The SMILES string of the molecule is CCOC(=O)C1=C(C)N=c2s/c(=C/c3cc(C)n(-c4ccc(Br)cc4)c3C)c(=O)n2[C@@H]1c1cc(OC)ccc1OC. The first-order chi connectivity index (χ1) is 19.7. The van der Waals surface area contributed by atoms with Crippen molar-refractivity contribution < 1.29 is 19.0 Å². The number of ether oxygens (including phenoxy) is 3. The molecule has 0 N–H and O–H groups in total. The number of thiazole rings is 1. The number of esters is 1. The minimum atomic E-state index is -0.812. The van der Waals surface area contributed by atoms with Gasteiger partial charge in [0.2, 0.25) is 0 Å². The standard InChI is InChI=1S/C31H30BrN3O5S/c1-7-40-30(37)27-18(3)33-31-35(28(27)24-16-23(38-5)12-13-25(24)39-6)29(36)26(41-31)15-20-14-17(2)34(19(20)4)22-10-8-21(32)9-11-22/h8-16,28H,7H2,1-6H3/b26-15+/t28-/m1/s1. The molecule has 0 aliphatic carbocycles. The molecule has 0 fully saturated rings. The van der Waals surface area contributed by atoms with Gasteiger partial charge in [-0.2, -0.15) is 0 Å². The number of carbonyl (C=O) groups is 1. The molecule has 212 valence electrons. The van der Waals surface area contributed by atoms with Gasteiger partial charge in [-0.05, 0) is 87.9 Å². The van der Waals surface area contributed by atoms with Gasteiger partial charge in [0.15, 0.2) is 4.80 Å². The van der Waals surface area contributed by atoms with Crippen molar-refractivity contribution in [1.82, 2.24) is 9.13 Å². The average Bonchev–Trinajstić information content (AvgIpc) is 3.41. The third kappa shape index (κ3) is 5.17. The highest BCUT2D eigenvalue weighted by Gasteiger charge is 2.35. The number of halogens is 1. The first kappa shape index (κ1) is 28.6. The molecule has 3 heterocycles. The van der Waals surface area contributed by atoms with Gasteiger partial charge in [0.1, 0.15) is 17.5 Å². The molecule has 2 aromatic heterocycles. The molecule has 0 unspecified atom stereocenters. The fourth-order valence-electron chi connectivity index (χ4n) is 5.20. The highest BCUT2D eigenvalue weighted by Crippen LogP contribution is 2.38. The minimum absolute atomic E-state index is 0.190. The number of hydrogen-bond donors (Lipinski definition) is 0. The number of hydrogen-bond acceptors (Lipinski definition) is 7. The molecule has 1 aliphatic rings. The van der Waals surface area contributed by atoms with E-state index in [9.17, 15) is 9.59 Å². The van der Waals surface area contributed by atoms with Gasteiger partial charge in [-0.15, -0.1) is 0 Å². The smallest absolute Gasteiger partial charge is 0.338 e. The van der Waals surface area contributed by atoms with Gasteiger partial charge in [0.05, 0.1) is 36.6 Å². The van der Waals surface area contributed by atoms with E-state index in [1.54, 1.807) is 50.8 Å². The fourth-order valence-corrected chi connectivity index (χ4v) is 6.50. The molecule has 10 heteroatoms. The van der Waals surface area contributed by atoms with Crippen molar-refractivity contribution in [2.75, 3.05) is 20.8 Å². The quantitative estimate of drug-likeness (QED) is 0.267. The van der Waals surface area contributed by atoms with E-state index < -0.39 is 12.0 Å². The van der Waals surface area contributed by atoms with Gasteiger partial charge in [0.25, 0.3) is 5.56 Å². The van der Waals surface area contributed by atoms with Crippen molar-refractivity contribution in [3.8, 4) is 17.2 Å². The van der Waals surface area contributed by atoms with Crippen molar-refractivity contribution in [3.05, 3.63) is 106 Å². The molecule has 1 aliphatic heterocycles. The van der Waals surface area contributed by atoms with Crippen LogP contribution in [0.5, 0.6) is 11.5 Å². The fraction of sp³-hybridized carbons (Fsp3) is 0.258. The van der Waals surface area contributed by atoms with Crippen LogP contribution in [0, 0.1) is 13.8 Å². The molecule has 0 saturated carbocycles. The summed E-state index contributed by atoms with van der Waals surface area (Å²) in [5.74, 6) is 0.553. The summed E-state index contributed by atoms with van der Waals surface area (Å²) in [5, 5.41) is 0. The lowest BCUT2D eigenvalue weighted by Crippen LogP contribution is -2.40. The molecular weight excluding hydrogens is 606 g/mol. The van der Waals surface area contributed by atoms with Crippen LogP contribution in [0.4, 0.5) is 0 Å². The van der Waals surface area contributed by atoms with Crippen LogP contribution < -0.4 is 24.4 Å². The first-order valence-electron chi connectivity index (χ1n) is 13.0. The van der Waals surface area contributed by atoms with Crippen molar-refractivity contribution in [3.63, 3.8) is 0 Å². The molecule has 8 nitrogen and oxygen atoms in total. The van der Waals surface area contributed by atoms with Crippen molar-refractivity contribution >= 4 is 39.3 Å². The number of aryl methyl sites for hydroxylation is 1. The van der Waals surface area contributed by atoms with Gasteiger partial charge in [-0.1, -0.05) is 27.3 Å². The monoisotopic (exact) mass is 635 g/mol. The summed E-state index contributed by atoms with van der Waals surface area (Å²) >= 11 is 4.78. The van der Waals surface area contributed by atoms with E-state index in [4.69, 9.17) is 14.2 Å². The lowest BCUT2D eigenvalue weighted by atomic mass is 9.94. The molecule has 41 heavy (non-hydrogen) atoms. The van der Waals surface area contributed by atoms with Crippen molar-refractivity contribution in [2.45, 2.75) is 33.7 Å². The third-order valence-electron chi connectivity index (χ3n) is 7.09. The Bertz CT molecular complexity index is 1860. The Morgan fingerprint density at radius 2 is 1.80 bits per heavy atom. The Morgan fingerprint density at radius 3 is 2.46 bits per heavy atom. The predicted octanol–water partition coefficient (Wildman–Crippen LogP) is 4.99. The minimum Gasteiger partial charge on any atom is -0.497 e. The number of carbonyl (C=O) groups excluding carboxylic acids is 1.